The monoisotopic (exact) mass is 636 g/mol. The molecule has 0 amide bonds. The molecule has 0 aliphatic rings. The molecule has 0 aromatic heterocycles. The van der Waals surface area contributed by atoms with E-state index >= 15 is 0 Å². The molecule has 0 saturated heterocycles. The molecule has 0 bridgehead atoms. The maximum Gasteiger partial charge on any atom is 0.306 e. The number of rotatable bonds is 30. The zero-order valence-electron chi connectivity index (χ0n) is 29.0. The van der Waals surface area contributed by atoms with Crippen molar-refractivity contribution in [2.45, 2.75) is 136 Å². The van der Waals surface area contributed by atoms with Crippen LogP contribution in [0.25, 0.3) is 0 Å². The predicted octanol–water partition coefficient (Wildman–Crippen LogP) is 10.9. The summed E-state index contributed by atoms with van der Waals surface area (Å²) in [4.78, 5) is 24.1. The number of allylic oxidation sites excluding steroid dienone is 16. The van der Waals surface area contributed by atoms with Crippen molar-refractivity contribution in [3.8, 4) is 0 Å². The van der Waals surface area contributed by atoms with E-state index in [1.165, 1.54) is 25.7 Å². The molecule has 0 heterocycles. The summed E-state index contributed by atoms with van der Waals surface area (Å²) in [7, 11) is 0. The Hall–Kier alpha value is -3.18. The van der Waals surface area contributed by atoms with Crippen molar-refractivity contribution in [1.82, 2.24) is 0 Å². The van der Waals surface area contributed by atoms with E-state index in [2.05, 4.69) is 111 Å². The van der Waals surface area contributed by atoms with Crippen LogP contribution < -0.4 is 0 Å². The normalized spacial score (nSPS) is 13.4. The minimum Gasteiger partial charge on any atom is -0.462 e. The highest BCUT2D eigenvalue weighted by molar-refractivity contribution is 5.70. The minimum atomic E-state index is -0.819. The van der Waals surface area contributed by atoms with Crippen LogP contribution in [0.2, 0.25) is 0 Å². The first kappa shape index (κ1) is 42.8. The van der Waals surface area contributed by atoms with Crippen LogP contribution in [-0.4, -0.2) is 36.4 Å². The van der Waals surface area contributed by atoms with E-state index in [-0.39, 0.29) is 31.6 Å². The van der Waals surface area contributed by atoms with Gasteiger partial charge in [-0.15, -0.1) is 0 Å². The number of esters is 2. The SMILES string of the molecule is CC/C=C\C/C=C\C/C=C\C/C=C\C/C=C\CCCC(=O)OC[C@H](CO)OC(=O)CCCC/C=C\C/C=C\C/C=C\CCCCC. The third-order valence-electron chi connectivity index (χ3n) is 6.86. The lowest BCUT2D eigenvalue weighted by atomic mass is 10.1. The van der Waals surface area contributed by atoms with Gasteiger partial charge in [0.15, 0.2) is 6.10 Å². The highest BCUT2D eigenvalue weighted by atomic mass is 16.6. The van der Waals surface area contributed by atoms with Crippen molar-refractivity contribution in [3.05, 3.63) is 97.2 Å². The number of unbranched alkanes of at least 4 members (excludes halogenated alkanes) is 6. The Morgan fingerprint density at radius 2 is 0.935 bits per heavy atom. The number of carbonyl (C=O) groups is 2. The first-order valence-electron chi connectivity index (χ1n) is 17.8. The molecule has 0 saturated carbocycles. The second-order valence-electron chi connectivity index (χ2n) is 11.2. The number of hydrogen-bond acceptors (Lipinski definition) is 5. The van der Waals surface area contributed by atoms with Crippen molar-refractivity contribution in [3.63, 3.8) is 0 Å². The first-order valence-corrected chi connectivity index (χ1v) is 17.8. The molecule has 46 heavy (non-hydrogen) atoms. The van der Waals surface area contributed by atoms with Gasteiger partial charge in [-0.25, -0.2) is 0 Å². The fourth-order valence-corrected chi connectivity index (χ4v) is 4.18. The van der Waals surface area contributed by atoms with Crippen LogP contribution in [0.5, 0.6) is 0 Å². The zero-order chi connectivity index (χ0) is 33.6. The number of aliphatic hydroxyl groups excluding tert-OH is 1. The molecule has 0 radical (unpaired) electrons. The molecule has 0 fully saturated rings. The van der Waals surface area contributed by atoms with Crippen molar-refractivity contribution in [1.29, 1.82) is 0 Å². The standard InChI is InChI=1S/C41H64O5/c1-3-5-7-9-11-13-15-17-19-20-22-23-25-27-29-31-33-35-40(43)45-38-39(37-42)46-41(44)36-34-32-30-28-26-24-21-18-16-14-12-10-8-6-4-2/h5,7,11-14,17-19,21-23,26-29,39,42H,3-4,6,8-10,15-16,20,24-25,30-38H2,1-2H3/b7-5-,13-11-,14-12-,19-17-,21-18-,23-22-,28-26-,29-27-/t39-/m0/s1. The highest BCUT2D eigenvalue weighted by Crippen LogP contribution is 2.07. The molecular weight excluding hydrogens is 572 g/mol. The van der Waals surface area contributed by atoms with Gasteiger partial charge < -0.3 is 14.6 Å². The Balaban J connectivity index is 3.80. The quantitative estimate of drug-likeness (QED) is 0.0482. The van der Waals surface area contributed by atoms with E-state index in [0.717, 1.165) is 70.6 Å². The second kappa shape index (κ2) is 36.3. The van der Waals surface area contributed by atoms with Crippen molar-refractivity contribution < 1.29 is 24.2 Å². The molecule has 0 unspecified atom stereocenters. The van der Waals surface area contributed by atoms with Gasteiger partial charge in [-0.1, -0.05) is 124 Å². The summed E-state index contributed by atoms with van der Waals surface area (Å²) in [5.41, 5.74) is 0. The summed E-state index contributed by atoms with van der Waals surface area (Å²) in [5.74, 6) is -0.717. The molecule has 5 heteroatoms. The van der Waals surface area contributed by atoms with Gasteiger partial charge in [-0.2, -0.15) is 0 Å². The lowest BCUT2D eigenvalue weighted by Crippen LogP contribution is -2.28. The van der Waals surface area contributed by atoms with Gasteiger partial charge in [-0.3, -0.25) is 9.59 Å². The predicted molar refractivity (Wildman–Crippen MR) is 195 cm³/mol. The molecule has 0 aromatic rings. The van der Waals surface area contributed by atoms with E-state index in [1.807, 2.05) is 0 Å². The summed E-state index contributed by atoms with van der Waals surface area (Å²) in [6, 6.07) is 0. The van der Waals surface area contributed by atoms with Crippen LogP contribution in [-0.2, 0) is 19.1 Å². The maximum atomic E-state index is 12.1. The van der Waals surface area contributed by atoms with Crippen molar-refractivity contribution >= 4 is 11.9 Å². The maximum absolute atomic E-state index is 12.1. The summed E-state index contributed by atoms with van der Waals surface area (Å²) in [6.45, 7) is 3.88. The topological polar surface area (TPSA) is 72.8 Å². The van der Waals surface area contributed by atoms with E-state index in [0.29, 0.717) is 12.8 Å². The Labute approximate surface area is 281 Å². The molecule has 1 N–H and O–H groups in total. The molecule has 0 rings (SSSR count). The third-order valence-corrected chi connectivity index (χ3v) is 6.86. The molecule has 258 valence electrons. The Kier molecular flexibility index (Phi) is 33.8. The van der Waals surface area contributed by atoms with Crippen LogP contribution in [0.3, 0.4) is 0 Å². The molecule has 0 spiro atoms. The van der Waals surface area contributed by atoms with E-state index < -0.39 is 6.10 Å². The fourth-order valence-electron chi connectivity index (χ4n) is 4.18. The largest absolute Gasteiger partial charge is 0.462 e. The minimum absolute atomic E-state index is 0.117. The van der Waals surface area contributed by atoms with Gasteiger partial charge in [0.25, 0.3) is 0 Å². The first-order chi connectivity index (χ1) is 22.6. The number of ether oxygens (including phenoxy) is 2. The summed E-state index contributed by atoms with van der Waals surface area (Å²) in [6.07, 6.45) is 50.4. The number of carbonyl (C=O) groups excluding carboxylic acids is 2. The van der Waals surface area contributed by atoms with Gasteiger partial charge in [0, 0.05) is 12.8 Å². The van der Waals surface area contributed by atoms with E-state index in [9.17, 15) is 14.7 Å². The number of hydrogen-bond donors (Lipinski definition) is 1. The third kappa shape index (κ3) is 33.7. The average molecular weight is 637 g/mol. The van der Waals surface area contributed by atoms with Gasteiger partial charge in [0.2, 0.25) is 0 Å². The van der Waals surface area contributed by atoms with Gasteiger partial charge in [0.05, 0.1) is 6.61 Å². The van der Waals surface area contributed by atoms with E-state index in [1.54, 1.807) is 0 Å². The second-order valence-corrected chi connectivity index (χ2v) is 11.2. The highest BCUT2D eigenvalue weighted by Gasteiger charge is 2.15. The summed E-state index contributed by atoms with van der Waals surface area (Å²) >= 11 is 0. The zero-order valence-corrected chi connectivity index (χ0v) is 29.0. The Morgan fingerprint density at radius 1 is 0.522 bits per heavy atom. The fraction of sp³-hybridized carbons (Fsp3) is 0.561. The Morgan fingerprint density at radius 3 is 1.39 bits per heavy atom. The molecule has 5 nitrogen and oxygen atoms in total. The molecular formula is C41H64O5. The van der Waals surface area contributed by atoms with Gasteiger partial charge in [-0.05, 0) is 89.9 Å². The van der Waals surface area contributed by atoms with Crippen molar-refractivity contribution in [2.24, 2.45) is 0 Å². The van der Waals surface area contributed by atoms with E-state index in [4.69, 9.17) is 9.47 Å². The van der Waals surface area contributed by atoms with Crippen LogP contribution in [0.15, 0.2) is 97.2 Å². The summed E-state index contributed by atoms with van der Waals surface area (Å²) in [5, 5.41) is 9.51. The van der Waals surface area contributed by atoms with Crippen LogP contribution in [0.4, 0.5) is 0 Å². The molecule has 1 atom stereocenters. The van der Waals surface area contributed by atoms with Gasteiger partial charge in [0.1, 0.15) is 6.61 Å². The number of aliphatic hydroxyl groups is 1. The lowest BCUT2D eigenvalue weighted by molar-refractivity contribution is -0.161. The molecule has 0 aliphatic carbocycles. The van der Waals surface area contributed by atoms with Crippen LogP contribution in [0.1, 0.15) is 129 Å². The molecule has 0 aliphatic heterocycles. The lowest BCUT2D eigenvalue weighted by Gasteiger charge is -2.15. The van der Waals surface area contributed by atoms with Crippen LogP contribution in [0, 0.1) is 0 Å². The van der Waals surface area contributed by atoms with Crippen LogP contribution >= 0.6 is 0 Å². The van der Waals surface area contributed by atoms with Crippen molar-refractivity contribution in [2.75, 3.05) is 13.2 Å². The molecule has 0 aromatic carbocycles. The summed E-state index contributed by atoms with van der Waals surface area (Å²) < 4.78 is 10.5. The van der Waals surface area contributed by atoms with Gasteiger partial charge >= 0.3 is 11.9 Å². The Bertz CT molecular complexity index is 948. The smallest absolute Gasteiger partial charge is 0.306 e. The average Bonchev–Trinajstić information content (AvgIpc) is 3.06.